The highest BCUT2D eigenvalue weighted by atomic mass is 32.1. The Morgan fingerprint density at radius 1 is 1.27 bits per heavy atom. The minimum Gasteiger partial charge on any atom is -0.338 e. The lowest BCUT2D eigenvalue weighted by molar-refractivity contribution is -0.137. The number of hydrogen-bond acceptors (Lipinski definition) is 6. The Morgan fingerprint density at radius 3 is 2.64 bits per heavy atom. The molecule has 2 fully saturated rings. The fourth-order valence-electron chi connectivity index (χ4n) is 5.21. The third-order valence-electron chi connectivity index (χ3n) is 7.05. The van der Waals surface area contributed by atoms with E-state index in [0.717, 1.165) is 41.2 Å². The van der Waals surface area contributed by atoms with E-state index in [-0.39, 0.29) is 13.0 Å². The Kier molecular flexibility index (Phi) is 6.64. The molecule has 0 bridgehead atoms. The number of aldehydes is 1. The molecule has 5 nitrogen and oxygen atoms in total. The molecule has 0 aromatic carbocycles. The SMILES string of the molecule is CC1(C)C(C(=O)C=O)N(c2cc(C(F)(F)F)cs2)CN1Cc1ccncc1C1CCCCC1. The summed E-state index contributed by atoms with van der Waals surface area (Å²) in [5, 5.41) is 1.39. The van der Waals surface area contributed by atoms with Crippen molar-refractivity contribution in [3.05, 3.63) is 46.6 Å². The van der Waals surface area contributed by atoms with Crippen LogP contribution in [0, 0.1) is 0 Å². The lowest BCUT2D eigenvalue weighted by Gasteiger charge is -2.34. The smallest absolute Gasteiger partial charge is 0.338 e. The molecule has 0 N–H and O–H groups in total. The highest BCUT2D eigenvalue weighted by Gasteiger charge is 2.50. The highest BCUT2D eigenvalue weighted by molar-refractivity contribution is 7.14. The second-order valence-corrected chi connectivity index (χ2v) is 10.4. The average molecular weight is 480 g/mol. The molecule has 1 saturated heterocycles. The molecular formula is C24H28F3N3O2S. The monoisotopic (exact) mass is 479 g/mol. The van der Waals surface area contributed by atoms with Crippen LogP contribution in [0.1, 0.15) is 68.6 Å². The fourth-order valence-corrected chi connectivity index (χ4v) is 6.15. The van der Waals surface area contributed by atoms with Crippen LogP contribution >= 0.6 is 11.3 Å². The molecule has 178 valence electrons. The van der Waals surface area contributed by atoms with Crippen molar-refractivity contribution in [1.82, 2.24) is 9.88 Å². The van der Waals surface area contributed by atoms with E-state index in [1.165, 1.54) is 24.8 Å². The normalized spacial score (nSPS) is 22.0. The van der Waals surface area contributed by atoms with Gasteiger partial charge in [-0.15, -0.1) is 11.3 Å². The maximum Gasteiger partial charge on any atom is 0.417 e. The second-order valence-electron chi connectivity index (χ2n) is 9.47. The van der Waals surface area contributed by atoms with Crippen LogP contribution in [-0.2, 0) is 22.3 Å². The first-order valence-electron chi connectivity index (χ1n) is 11.2. The number of anilines is 1. The van der Waals surface area contributed by atoms with Gasteiger partial charge in [-0.25, -0.2) is 0 Å². The van der Waals surface area contributed by atoms with Gasteiger partial charge in [0.2, 0.25) is 5.78 Å². The first-order chi connectivity index (χ1) is 15.6. The number of alkyl halides is 3. The van der Waals surface area contributed by atoms with Crippen molar-refractivity contribution in [2.24, 2.45) is 0 Å². The van der Waals surface area contributed by atoms with Crippen molar-refractivity contribution < 1.29 is 22.8 Å². The lowest BCUT2D eigenvalue weighted by Crippen LogP contribution is -2.51. The number of hydrogen-bond donors (Lipinski definition) is 0. The molecule has 1 aliphatic carbocycles. The molecule has 33 heavy (non-hydrogen) atoms. The second kappa shape index (κ2) is 9.18. The summed E-state index contributed by atoms with van der Waals surface area (Å²) in [6.07, 6.45) is 5.37. The highest BCUT2D eigenvalue weighted by Crippen LogP contribution is 2.42. The molecule has 1 saturated carbocycles. The zero-order valence-electron chi connectivity index (χ0n) is 18.8. The van der Waals surface area contributed by atoms with Crippen molar-refractivity contribution >= 4 is 28.4 Å². The maximum absolute atomic E-state index is 13.2. The molecule has 0 radical (unpaired) electrons. The standard InChI is InChI=1S/C24H28F3N3O2S/c1-23(2)22(20(32)13-31)30(21-10-18(14-33-21)24(25,26)27)15-29(23)12-17-8-9-28-11-19(17)16-6-4-3-5-7-16/h8-11,13-14,16,22H,3-7,12,15H2,1-2H3. The van der Waals surface area contributed by atoms with Crippen LogP contribution in [0.4, 0.5) is 18.2 Å². The molecule has 1 aliphatic heterocycles. The number of rotatable bonds is 6. The summed E-state index contributed by atoms with van der Waals surface area (Å²) >= 11 is 0.941. The van der Waals surface area contributed by atoms with Gasteiger partial charge in [0.25, 0.3) is 0 Å². The van der Waals surface area contributed by atoms with Gasteiger partial charge in [-0.1, -0.05) is 19.3 Å². The fraction of sp³-hybridized carbons (Fsp3) is 0.542. The molecule has 2 aromatic rings. The Bertz CT molecular complexity index is 1010. The van der Waals surface area contributed by atoms with Gasteiger partial charge in [0.15, 0.2) is 6.29 Å². The molecule has 2 aliphatic rings. The van der Waals surface area contributed by atoms with Crippen LogP contribution in [0.25, 0.3) is 0 Å². The third-order valence-corrected chi connectivity index (χ3v) is 8.02. The minimum atomic E-state index is -4.46. The molecular weight excluding hydrogens is 451 g/mol. The minimum absolute atomic E-state index is 0.251. The molecule has 3 heterocycles. The molecule has 0 amide bonds. The number of pyridine rings is 1. The van der Waals surface area contributed by atoms with Gasteiger partial charge in [0.05, 0.1) is 17.2 Å². The largest absolute Gasteiger partial charge is 0.417 e. The molecule has 1 atom stereocenters. The molecule has 0 spiro atoms. The maximum atomic E-state index is 13.2. The predicted octanol–water partition coefficient (Wildman–Crippen LogP) is 5.40. The summed E-state index contributed by atoms with van der Waals surface area (Å²) in [7, 11) is 0. The number of halogens is 3. The molecule has 2 aromatic heterocycles. The van der Waals surface area contributed by atoms with Gasteiger partial charge < -0.3 is 4.90 Å². The number of ketones is 1. The van der Waals surface area contributed by atoms with Crippen molar-refractivity contribution in [3.8, 4) is 0 Å². The molecule has 9 heteroatoms. The zero-order valence-corrected chi connectivity index (χ0v) is 19.6. The quantitative estimate of drug-likeness (QED) is 0.410. The number of aromatic nitrogens is 1. The van der Waals surface area contributed by atoms with Crippen LogP contribution < -0.4 is 4.90 Å². The summed E-state index contributed by atoms with van der Waals surface area (Å²) in [5.41, 5.74) is 0.823. The third kappa shape index (κ3) is 4.71. The van der Waals surface area contributed by atoms with E-state index in [1.807, 2.05) is 26.1 Å². The Balaban J connectivity index is 1.65. The van der Waals surface area contributed by atoms with Gasteiger partial charge in [-0.3, -0.25) is 19.5 Å². The van der Waals surface area contributed by atoms with Crippen molar-refractivity contribution in [3.63, 3.8) is 0 Å². The predicted molar refractivity (Wildman–Crippen MR) is 121 cm³/mol. The number of nitrogens with zero attached hydrogens (tertiary/aromatic N) is 3. The van der Waals surface area contributed by atoms with E-state index >= 15 is 0 Å². The zero-order chi connectivity index (χ0) is 23.8. The van der Waals surface area contributed by atoms with Crippen molar-refractivity contribution in [2.75, 3.05) is 11.6 Å². The number of thiophene rings is 1. The molecule has 1 unspecified atom stereocenters. The van der Waals surface area contributed by atoms with E-state index in [1.54, 1.807) is 11.1 Å². The topological polar surface area (TPSA) is 53.5 Å². The Morgan fingerprint density at radius 2 is 2.00 bits per heavy atom. The summed E-state index contributed by atoms with van der Waals surface area (Å²) < 4.78 is 39.6. The van der Waals surface area contributed by atoms with Crippen molar-refractivity contribution in [1.29, 1.82) is 0 Å². The van der Waals surface area contributed by atoms with E-state index in [4.69, 9.17) is 0 Å². The van der Waals surface area contributed by atoms with E-state index in [2.05, 4.69) is 9.88 Å². The van der Waals surface area contributed by atoms with Gasteiger partial charge in [0.1, 0.15) is 6.04 Å². The number of Topliss-reactive ketones (excluding diaryl/α,β-unsaturated/α-hetero) is 1. The number of carbonyl (C=O) groups is 2. The lowest BCUT2D eigenvalue weighted by atomic mass is 9.82. The van der Waals surface area contributed by atoms with Crippen molar-refractivity contribution in [2.45, 2.75) is 76.2 Å². The summed E-state index contributed by atoms with van der Waals surface area (Å²) in [5.74, 6) is -0.185. The van der Waals surface area contributed by atoms with Crippen LogP contribution in [0.5, 0.6) is 0 Å². The van der Waals surface area contributed by atoms with Gasteiger partial charge in [-0.2, -0.15) is 13.2 Å². The Hall–Kier alpha value is -2.26. The van der Waals surface area contributed by atoms with Crippen LogP contribution in [-0.4, -0.2) is 40.2 Å². The summed E-state index contributed by atoms with van der Waals surface area (Å²) in [6, 6.07) is 2.19. The van der Waals surface area contributed by atoms with Crippen LogP contribution in [0.15, 0.2) is 29.9 Å². The first-order valence-corrected chi connectivity index (χ1v) is 12.1. The van der Waals surface area contributed by atoms with E-state index in [0.29, 0.717) is 17.5 Å². The molecule has 4 rings (SSSR count). The van der Waals surface area contributed by atoms with Gasteiger partial charge >= 0.3 is 6.18 Å². The van der Waals surface area contributed by atoms with Crippen LogP contribution in [0.2, 0.25) is 0 Å². The first kappa shape index (κ1) is 23.9. The number of carbonyl (C=O) groups excluding carboxylic acids is 2. The Labute approximate surface area is 195 Å². The van der Waals surface area contributed by atoms with E-state index in [9.17, 15) is 22.8 Å². The van der Waals surface area contributed by atoms with Gasteiger partial charge in [-0.05, 0) is 55.9 Å². The average Bonchev–Trinajstić information content (AvgIpc) is 3.38. The summed E-state index contributed by atoms with van der Waals surface area (Å²) in [4.78, 5) is 32.2. The summed E-state index contributed by atoms with van der Waals surface area (Å²) in [6.45, 7) is 4.52. The van der Waals surface area contributed by atoms with Gasteiger partial charge in [0, 0.05) is 29.9 Å². The van der Waals surface area contributed by atoms with Crippen LogP contribution in [0.3, 0.4) is 0 Å². The van der Waals surface area contributed by atoms with E-state index < -0.39 is 29.1 Å².